The van der Waals surface area contributed by atoms with E-state index in [1.165, 1.54) is 33.3 Å². The summed E-state index contributed by atoms with van der Waals surface area (Å²) >= 11 is 2.56. The highest BCUT2D eigenvalue weighted by Crippen LogP contribution is 2.53. The summed E-state index contributed by atoms with van der Waals surface area (Å²) in [6, 6.07) is 0.545. The summed E-state index contributed by atoms with van der Waals surface area (Å²) in [6.45, 7) is 6.50. The van der Waals surface area contributed by atoms with Gasteiger partial charge in [0, 0.05) is 9.49 Å². The second kappa shape index (κ2) is 11.8. The van der Waals surface area contributed by atoms with Crippen LogP contribution >= 0.6 is 23.5 Å². The van der Waals surface area contributed by atoms with Gasteiger partial charge < -0.3 is 30.9 Å². The minimum Gasteiger partial charge on any atom is -0.480 e. The van der Waals surface area contributed by atoms with Crippen molar-refractivity contribution in [2.45, 2.75) is 78.1 Å². The molecule has 1 aromatic carbocycles. The maximum absolute atomic E-state index is 13.7. The smallest absolute Gasteiger partial charge is 0.341 e. The van der Waals surface area contributed by atoms with Gasteiger partial charge in [0.05, 0.1) is 19.3 Å². The molecule has 17 nitrogen and oxygen atoms in total. The van der Waals surface area contributed by atoms with E-state index in [4.69, 9.17) is 0 Å². The number of hydrogen-bond donors (Lipinski definition) is 4. The fourth-order valence-electron chi connectivity index (χ4n) is 6.95. The maximum atomic E-state index is 13.7. The van der Waals surface area contributed by atoms with E-state index < -0.39 is 102 Å². The van der Waals surface area contributed by atoms with E-state index in [2.05, 4.69) is 16.0 Å². The normalized spacial score (nSPS) is 30.2. The number of nitrogens with one attached hydrogen (secondary N) is 3. The second-order valence-corrected chi connectivity index (χ2v) is 18.8. The first-order chi connectivity index (χ1) is 22.8. The Labute approximate surface area is 289 Å². The topological polar surface area (TPSA) is 223 Å². The van der Waals surface area contributed by atoms with E-state index in [-0.39, 0.29) is 13.1 Å². The minimum atomic E-state index is -3.91. The summed E-state index contributed by atoms with van der Waals surface area (Å²) in [5, 5.41) is 16.3. The highest BCUT2D eigenvalue weighted by Gasteiger charge is 2.67. The first-order valence-corrected chi connectivity index (χ1v) is 18.8. The molecule has 0 aromatic heterocycles. The van der Waals surface area contributed by atoms with Crippen molar-refractivity contribution >= 4 is 75.2 Å². The average molecular weight is 738 g/mol. The van der Waals surface area contributed by atoms with E-state index in [0.717, 1.165) is 6.26 Å². The van der Waals surface area contributed by atoms with Gasteiger partial charge in [-0.2, -0.15) is 0 Å². The van der Waals surface area contributed by atoms with Crippen molar-refractivity contribution in [3.05, 3.63) is 35.9 Å². The molecule has 7 atom stereocenters. The summed E-state index contributed by atoms with van der Waals surface area (Å²) in [4.78, 5) is 94.8. The third-order valence-electron chi connectivity index (χ3n) is 9.24. The van der Waals surface area contributed by atoms with Gasteiger partial charge in [0.1, 0.15) is 41.0 Å². The van der Waals surface area contributed by atoms with E-state index in [9.17, 15) is 47.1 Å². The molecule has 5 aliphatic heterocycles. The number of thioether (sulfide) groups is 2. The molecule has 1 aromatic rings. The van der Waals surface area contributed by atoms with Gasteiger partial charge in [-0.05, 0) is 33.3 Å². The van der Waals surface area contributed by atoms with Gasteiger partial charge >= 0.3 is 18.0 Å². The van der Waals surface area contributed by atoms with Crippen LogP contribution in [-0.4, -0.2) is 138 Å². The molecule has 0 saturated carbocycles. The van der Waals surface area contributed by atoms with Crippen LogP contribution in [0.15, 0.2) is 30.3 Å². The van der Waals surface area contributed by atoms with Crippen molar-refractivity contribution in [1.82, 2.24) is 35.0 Å². The average Bonchev–Trinajstić information content (AvgIpc) is 3.62. The molecule has 0 radical (unpaired) electrons. The van der Waals surface area contributed by atoms with Gasteiger partial charge in [-0.25, -0.2) is 32.0 Å². The molecule has 5 saturated heterocycles. The summed E-state index contributed by atoms with van der Waals surface area (Å²) in [5.41, 5.74) is 0.331. The Morgan fingerprint density at radius 1 is 0.857 bits per heavy atom. The van der Waals surface area contributed by atoms with Crippen molar-refractivity contribution in [3.63, 3.8) is 0 Å². The van der Waals surface area contributed by atoms with Gasteiger partial charge in [-0.1, -0.05) is 30.3 Å². The largest absolute Gasteiger partial charge is 0.480 e. The summed E-state index contributed by atoms with van der Waals surface area (Å²) in [7, 11) is -3.91. The van der Waals surface area contributed by atoms with Crippen molar-refractivity contribution in [3.8, 4) is 0 Å². The van der Waals surface area contributed by atoms with Crippen LogP contribution in [0.1, 0.15) is 39.3 Å². The number of amides is 8. The molecule has 0 aliphatic carbocycles. The molecule has 5 fully saturated rings. The number of benzene rings is 1. The molecule has 49 heavy (non-hydrogen) atoms. The Balaban J connectivity index is 1.14. The lowest BCUT2D eigenvalue weighted by Gasteiger charge is -2.46. The Morgan fingerprint density at radius 2 is 1.39 bits per heavy atom. The van der Waals surface area contributed by atoms with E-state index in [0.29, 0.717) is 14.8 Å². The number of sulfonamides is 1. The number of urea groups is 2. The number of carbonyl (C=O) groups excluding carboxylic acids is 6. The number of rotatable bonds is 8. The lowest BCUT2D eigenvalue weighted by molar-refractivity contribution is -0.162. The first-order valence-electron chi connectivity index (χ1n) is 15.2. The molecular weight excluding hydrogens is 703 g/mol. The van der Waals surface area contributed by atoms with E-state index in [1.807, 2.05) is 0 Å². The highest BCUT2D eigenvalue weighted by molar-refractivity contribution is 8.02. The number of aliphatic carboxylic acids is 1. The van der Waals surface area contributed by atoms with Crippen LogP contribution in [0.5, 0.6) is 0 Å². The zero-order valence-electron chi connectivity index (χ0n) is 27.0. The van der Waals surface area contributed by atoms with Crippen LogP contribution in [0.25, 0.3) is 0 Å². The Hall–Kier alpha value is -4.04. The van der Waals surface area contributed by atoms with Gasteiger partial charge in [-0.3, -0.25) is 19.2 Å². The van der Waals surface area contributed by atoms with Crippen LogP contribution in [0.4, 0.5) is 9.59 Å². The summed E-state index contributed by atoms with van der Waals surface area (Å²) < 4.78 is 22.8. The second-order valence-electron chi connectivity index (χ2n) is 13.4. The fourth-order valence-corrected chi connectivity index (χ4v) is 11.0. The summed E-state index contributed by atoms with van der Waals surface area (Å²) in [5.74, 6) is -3.56. The fraction of sp³-hybridized carbons (Fsp3) is 0.552. The minimum absolute atomic E-state index is 0.226. The molecule has 4 N–H and O–H groups in total. The van der Waals surface area contributed by atoms with Gasteiger partial charge in [0.25, 0.3) is 0 Å². The number of fused-ring (bicyclic) bond motifs is 2. The molecule has 2 unspecified atom stereocenters. The molecule has 5 heterocycles. The predicted octanol–water partition coefficient (Wildman–Crippen LogP) is -0.687. The molecule has 5 aliphatic rings. The zero-order valence-corrected chi connectivity index (χ0v) is 29.4. The van der Waals surface area contributed by atoms with E-state index in [1.54, 1.807) is 58.0 Å². The van der Waals surface area contributed by atoms with Crippen molar-refractivity contribution in [2.24, 2.45) is 0 Å². The molecule has 0 spiro atoms. The Kier molecular flexibility index (Phi) is 8.37. The Bertz CT molecular complexity index is 1770. The number of carbonyl (C=O) groups is 7. The third kappa shape index (κ3) is 5.66. The zero-order chi connectivity index (χ0) is 36.0. The van der Waals surface area contributed by atoms with Crippen LogP contribution in [0.3, 0.4) is 0 Å². The van der Waals surface area contributed by atoms with Crippen molar-refractivity contribution in [1.29, 1.82) is 0 Å². The Morgan fingerprint density at radius 3 is 1.92 bits per heavy atom. The number of hydrogen-bond acceptors (Lipinski definition) is 11. The van der Waals surface area contributed by atoms with Crippen molar-refractivity contribution in [2.75, 3.05) is 19.3 Å². The highest BCUT2D eigenvalue weighted by atomic mass is 32.2. The molecule has 264 valence electrons. The quantitative estimate of drug-likeness (QED) is 0.244. The lowest BCUT2D eigenvalue weighted by Crippen LogP contribution is -2.74. The predicted molar refractivity (Wildman–Crippen MR) is 175 cm³/mol. The van der Waals surface area contributed by atoms with Crippen LogP contribution in [-0.2, 0) is 34.0 Å². The third-order valence-corrected chi connectivity index (χ3v) is 13.5. The van der Waals surface area contributed by atoms with E-state index >= 15 is 0 Å². The van der Waals surface area contributed by atoms with Crippen LogP contribution < -0.4 is 16.0 Å². The number of β-lactam (4-membered cyclic amide) rings is 2. The van der Waals surface area contributed by atoms with Gasteiger partial charge in [-0.15, -0.1) is 23.5 Å². The van der Waals surface area contributed by atoms with Gasteiger partial charge in [0.2, 0.25) is 33.7 Å². The first kappa shape index (κ1) is 34.8. The van der Waals surface area contributed by atoms with Crippen LogP contribution in [0, 0.1) is 0 Å². The number of carboxylic acid groups (broad SMARTS) is 1. The standard InChI is InChI=1S/C29H35N7O10S3/c1-28(2)17(20(38)31-16-22(40)36-18(25(41)42)29(3,4)48-24(16)36)35-21(39)15(23(35)47-28)30-19(37)14(13-9-7-6-8-10-13)32-26(43)33-11-12-34(27(33)44)49(5,45)46/h6-10,14-18,23-24H,11-12H2,1-5H3,(H,30,37)(H,31,38)(H,32,43)(H,41,42)/t14-,15-,16-,17?,18?,23-,24-/m1/s1. The van der Waals surface area contributed by atoms with Gasteiger partial charge in [0.15, 0.2) is 0 Å². The SMILES string of the molecule is CC1(C)S[C@@H]2[C@H](NC(=O)C3N4C(=O)[C@@H](NC(=O)[C@H](NC(=O)N5CCN(S(C)(=O)=O)C5=O)c5ccccc5)[C@H]4SC3(C)C)C(=O)N2C1C(=O)O. The van der Waals surface area contributed by atoms with Crippen molar-refractivity contribution < 1.29 is 47.1 Å². The number of carboxylic acids is 1. The lowest BCUT2D eigenvalue weighted by atomic mass is 9.93. The molecular formula is C29H35N7O10S3. The maximum Gasteiger partial charge on any atom is 0.341 e. The number of nitrogens with zero attached hydrogens (tertiary/aromatic N) is 4. The number of imide groups is 1. The molecule has 6 rings (SSSR count). The molecule has 20 heteroatoms. The summed E-state index contributed by atoms with van der Waals surface area (Å²) in [6.07, 6.45) is 0.841. The monoisotopic (exact) mass is 737 g/mol. The molecule has 0 bridgehead atoms. The molecule has 8 amide bonds. The van der Waals surface area contributed by atoms with Crippen LogP contribution in [0.2, 0.25) is 0 Å².